The lowest BCUT2D eigenvalue weighted by Gasteiger charge is -2.16. The van der Waals surface area contributed by atoms with Crippen LogP contribution in [0.2, 0.25) is 0 Å². The van der Waals surface area contributed by atoms with Crippen LogP contribution in [0.3, 0.4) is 0 Å². The number of fused-ring (bicyclic) bond motifs is 1. The van der Waals surface area contributed by atoms with Crippen molar-refractivity contribution in [3.63, 3.8) is 0 Å². The van der Waals surface area contributed by atoms with Crippen LogP contribution in [0, 0.1) is 36.5 Å². The fourth-order valence-electron chi connectivity index (χ4n) is 4.13. The van der Waals surface area contributed by atoms with Crippen LogP contribution in [0.1, 0.15) is 22.4 Å². The number of aromatic nitrogens is 4. The van der Waals surface area contributed by atoms with Crippen molar-refractivity contribution < 1.29 is 4.74 Å². The Morgan fingerprint density at radius 1 is 0.944 bits per heavy atom. The van der Waals surface area contributed by atoms with Crippen LogP contribution in [-0.2, 0) is 7.05 Å². The predicted octanol–water partition coefficient (Wildman–Crippen LogP) is 5.93. The molecule has 8 nitrogen and oxygen atoms in total. The molecule has 0 saturated carbocycles. The number of ether oxygens (including phenoxy) is 1. The van der Waals surface area contributed by atoms with Crippen molar-refractivity contribution >= 4 is 22.7 Å². The molecule has 8 heteroatoms. The van der Waals surface area contributed by atoms with E-state index in [0.717, 1.165) is 39.0 Å². The van der Waals surface area contributed by atoms with E-state index in [1.54, 1.807) is 30.5 Å². The van der Waals surface area contributed by atoms with Gasteiger partial charge in [-0.15, -0.1) is 0 Å². The summed E-state index contributed by atoms with van der Waals surface area (Å²) < 4.78 is 8.34. The highest BCUT2D eigenvalue weighted by Crippen LogP contribution is 2.36. The molecule has 0 aliphatic rings. The number of benzene rings is 2. The fourth-order valence-corrected chi connectivity index (χ4v) is 4.13. The lowest BCUT2D eigenvalue weighted by Crippen LogP contribution is -2.02. The molecule has 0 saturated heterocycles. The summed E-state index contributed by atoms with van der Waals surface area (Å²) in [5.41, 5.74) is 6.70. The Labute approximate surface area is 208 Å². The summed E-state index contributed by atoms with van der Waals surface area (Å²) in [5, 5.41) is 21.7. The van der Waals surface area contributed by atoms with Crippen LogP contribution in [0.25, 0.3) is 22.2 Å². The molecule has 0 aliphatic carbocycles. The average Bonchev–Trinajstić information content (AvgIpc) is 3.27. The van der Waals surface area contributed by atoms with Crippen LogP contribution >= 0.6 is 0 Å². The minimum Gasteiger partial charge on any atom is -0.436 e. The number of rotatable bonds is 5. The first-order chi connectivity index (χ1) is 17.5. The van der Waals surface area contributed by atoms with E-state index >= 15 is 0 Å². The highest BCUT2D eigenvalue weighted by atomic mass is 16.5. The molecule has 0 amide bonds. The lowest BCUT2D eigenvalue weighted by molar-refractivity contribution is 0.459. The molecule has 0 fully saturated rings. The highest BCUT2D eigenvalue weighted by Gasteiger charge is 2.17. The second-order valence-corrected chi connectivity index (χ2v) is 8.38. The van der Waals surface area contributed by atoms with Gasteiger partial charge in [-0.1, -0.05) is 0 Å². The van der Waals surface area contributed by atoms with E-state index in [1.807, 2.05) is 62.0 Å². The maximum Gasteiger partial charge on any atom is 0.249 e. The molecule has 1 N–H and O–H groups in total. The van der Waals surface area contributed by atoms with Gasteiger partial charge in [0.25, 0.3) is 0 Å². The second-order valence-electron chi connectivity index (χ2n) is 8.38. The first-order valence-corrected chi connectivity index (χ1v) is 11.2. The summed E-state index contributed by atoms with van der Waals surface area (Å²) in [6.07, 6.45) is 3.52. The molecular weight excluding hydrogens is 450 g/mol. The Morgan fingerprint density at radius 3 is 2.39 bits per heavy atom. The van der Waals surface area contributed by atoms with Crippen LogP contribution in [0.15, 0.2) is 67.0 Å². The van der Waals surface area contributed by atoms with Crippen LogP contribution < -0.4 is 10.1 Å². The summed E-state index contributed by atoms with van der Waals surface area (Å²) in [6.45, 7) is 3.93. The molecule has 174 valence electrons. The standard InChI is InChI=1S/C28H21N7O/c1-17-13-20(22-5-4-11-31-24(22)16-30)14-18(2)26(17)36-27-25-23(10-12-35(25)3)33-28(34-27)32-21-8-6-19(15-29)7-9-21/h4-14H,1-3H3,(H,32,33,34). The maximum absolute atomic E-state index is 9.46. The normalized spacial score (nSPS) is 10.6. The van der Waals surface area contributed by atoms with E-state index in [9.17, 15) is 5.26 Å². The molecule has 5 rings (SSSR count). The molecule has 3 heterocycles. The van der Waals surface area contributed by atoms with Crippen molar-refractivity contribution in [3.05, 3.63) is 89.4 Å². The van der Waals surface area contributed by atoms with Crippen molar-refractivity contribution in [2.24, 2.45) is 7.05 Å². The predicted molar refractivity (Wildman–Crippen MR) is 137 cm³/mol. The third-order valence-electron chi connectivity index (χ3n) is 5.84. The summed E-state index contributed by atoms with van der Waals surface area (Å²) in [4.78, 5) is 13.5. The van der Waals surface area contributed by atoms with E-state index in [0.29, 0.717) is 28.8 Å². The molecule has 36 heavy (non-hydrogen) atoms. The lowest BCUT2D eigenvalue weighted by atomic mass is 9.99. The zero-order valence-electron chi connectivity index (χ0n) is 19.9. The third-order valence-corrected chi connectivity index (χ3v) is 5.84. The van der Waals surface area contributed by atoms with Crippen LogP contribution in [0.4, 0.5) is 11.6 Å². The van der Waals surface area contributed by atoms with Crippen molar-refractivity contribution in [1.82, 2.24) is 19.5 Å². The van der Waals surface area contributed by atoms with Crippen molar-refractivity contribution in [1.29, 1.82) is 10.5 Å². The van der Waals surface area contributed by atoms with E-state index in [1.165, 1.54) is 0 Å². The first kappa shape index (κ1) is 22.6. The molecule has 0 radical (unpaired) electrons. The maximum atomic E-state index is 9.46. The highest BCUT2D eigenvalue weighted by molar-refractivity contribution is 5.83. The number of nitriles is 2. The summed E-state index contributed by atoms with van der Waals surface area (Å²) in [5.74, 6) is 1.49. The minimum atomic E-state index is 0.379. The number of anilines is 2. The molecule has 0 spiro atoms. The SMILES string of the molecule is Cc1cc(-c2cccnc2C#N)cc(C)c1Oc1nc(Nc2ccc(C#N)cc2)nc2ccn(C)c12. The fraction of sp³-hybridized carbons (Fsp3) is 0.107. The molecular formula is C28H21N7O. The average molecular weight is 472 g/mol. The Morgan fingerprint density at radius 2 is 1.69 bits per heavy atom. The minimum absolute atomic E-state index is 0.379. The number of hydrogen-bond acceptors (Lipinski definition) is 7. The molecule has 0 bridgehead atoms. The Bertz CT molecular complexity index is 1670. The molecule has 5 aromatic rings. The quantitative estimate of drug-likeness (QED) is 0.338. The molecule has 0 unspecified atom stereocenters. The van der Waals surface area contributed by atoms with Crippen LogP contribution in [-0.4, -0.2) is 19.5 Å². The van der Waals surface area contributed by atoms with Crippen molar-refractivity contribution in [2.45, 2.75) is 13.8 Å². The zero-order valence-corrected chi connectivity index (χ0v) is 19.9. The van der Waals surface area contributed by atoms with Crippen molar-refractivity contribution in [3.8, 4) is 34.9 Å². The van der Waals surface area contributed by atoms with E-state index in [-0.39, 0.29) is 0 Å². The van der Waals surface area contributed by atoms with E-state index in [4.69, 9.17) is 10.00 Å². The van der Waals surface area contributed by atoms with Gasteiger partial charge in [-0.3, -0.25) is 0 Å². The van der Waals surface area contributed by atoms with Crippen molar-refractivity contribution in [2.75, 3.05) is 5.32 Å². The number of aryl methyl sites for hydroxylation is 3. The van der Waals surface area contributed by atoms with Gasteiger partial charge in [-0.25, -0.2) is 9.97 Å². The molecule has 0 aliphatic heterocycles. The molecule has 2 aromatic carbocycles. The Kier molecular flexibility index (Phi) is 5.77. The first-order valence-electron chi connectivity index (χ1n) is 11.2. The van der Waals surface area contributed by atoms with Gasteiger partial charge in [0.1, 0.15) is 23.0 Å². The Hall–Kier alpha value is -5.21. The monoisotopic (exact) mass is 471 g/mol. The Balaban J connectivity index is 1.54. The molecule has 3 aromatic heterocycles. The van der Waals surface area contributed by atoms with Gasteiger partial charge in [0.05, 0.1) is 17.1 Å². The van der Waals surface area contributed by atoms with Gasteiger partial charge in [0, 0.05) is 30.7 Å². The number of pyridine rings is 1. The summed E-state index contributed by atoms with van der Waals surface area (Å²) in [6, 6.07) is 20.9. The summed E-state index contributed by atoms with van der Waals surface area (Å²) in [7, 11) is 1.92. The number of nitrogens with one attached hydrogen (secondary N) is 1. The van der Waals surface area contributed by atoms with Crippen LogP contribution in [0.5, 0.6) is 11.6 Å². The van der Waals surface area contributed by atoms with Gasteiger partial charge in [-0.05, 0) is 85.1 Å². The number of nitrogens with zero attached hydrogens (tertiary/aromatic N) is 6. The smallest absolute Gasteiger partial charge is 0.249 e. The second kappa shape index (κ2) is 9.21. The van der Waals surface area contributed by atoms with Gasteiger partial charge in [-0.2, -0.15) is 15.5 Å². The van der Waals surface area contributed by atoms with Gasteiger partial charge in [0.2, 0.25) is 11.8 Å². The summed E-state index contributed by atoms with van der Waals surface area (Å²) >= 11 is 0. The largest absolute Gasteiger partial charge is 0.436 e. The number of hydrogen-bond donors (Lipinski definition) is 1. The van der Waals surface area contributed by atoms with Gasteiger partial charge < -0.3 is 14.6 Å². The zero-order chi connectivity index (χ0) is 25.2. The topological polar surface area (TPSA) is 112 Å². The van der Waals surface area contributed by atoms with Gasteiger partial charge >= 0.3 is 0 Å². The van der Waals surface area contributed by atoms with E-state index < -0.39 is 0 Å². The van der Waals surface area contributed by atoms with E-state index in [2.05, 4.69) is 32.4 Å². The molecule has 0 atom stereocenters. The third kappa shape index (κ3) is 4.20. The van der Waals surface area contributed by atoms with Gasteiger partial charge in [0.15, 0.2) is 0 Å².